The van der Waals surface area contributed by atoms with E-state index in [-0.39, 0.29) is 25.1 Å². The molecule has 0 fully saturated rings. The molecule has 27 heavy (non-hydrogen) atoms. The highest BCUT2D eigenvalue weighted by molar-refractivity contribution is 6.02. The van der Waals surface area contributed by atoms with Crippen LogP contribution in [0.4, 0.5) is 0 Å². The summed E-state index contributed by atoms with van der Waals surface area (Å²) in [6.07, 6.45) is 0. The minimum atomic E-state index is -1.20. The van der Waals surface area contributed by atoms with Gasteiger partial charge in [0.15, 0.2) is 0 Å². The largest absolute Gasteiger partial charge is 0.466 e. The summed E-state index contributed by atoms with van der Waals surface area (Å²) >= 11 is 0. The van der Waals surface area contributed by atoms with Crippen molar-refractivity contribution in [2.24, 2.45) is 11.8 Å². The number of benzene rings is 2. The topological polar surface area (TPSA) is 52.6 Å². The van der Waals surface area contributed by atoms with Gasteiger partial charge < -0.3 is 9.47 Å². The lowest BCUT2D eigenvalue weighted by atomic mass is 9.64. The molecule has 1 aliphatic rings. The molecule has 0 spiro atoms. The fourth-order valence-corrected chi connectivity index (χ4v) is 4.38. The molecule has 3 rings (SSSR count). The molecule has 0 saturated carbocycles. The standard InChI is InChI=1S/C23H26O4/c1-5-26-21(24)20(15(3)4)23(22(25)27-6-2)18-13-9-7-11-16(18)17-12-8-10-14-19(17)23/h7-15,20H,5-6H2,1-4H3. The molecule has 0 saturated heterocycles. The predicted octanol–water partition coefficient (Wildman–Crippen LogP) is 4.35. The van der Waals surface area contributed by atoms with Crippen LogP contribution < -0.4 is 0 Å². The van der Waals surface area contributed by atoms with Gasteiger partial charge in [-0.1, -0.05) is 62.4 Å². The Kier molecular flexibility index (Phi) is 5.36. The van der Waals surface area contributed by atoms with Crippen LogP contribution in [0.25, 0.3) is 11.1 Å². The zero-order valence-electron chi connectivity index (χ0n) is 16.3. The summed E-state index contributed by atoms with van der Waals surface area (Å²) in [4.78, 5) is 26.6. The van der Waals surface area contributed by atoms with Crippen molar-refractivity contribution >= 4 is 11.9 Å². The molecule has 2 aromatic rings. The lowest BCUT2D eigenvalue weighted by Gasteiger charge is -2.38. The molecule has 0 aliphatic heterocycles. The monoisotopic (exact) mass is 366 g/mol. The van der Waals surface area contributed by atoms with Gasteiger partial charge in [-0.25, -0.2) is 0 Å². The lowest BCUT2D eigenvalue weighted by molar-refractivity contribution is -0.162. The second-order valence-corrected chi connectivity index (χ2v) is 7.09. The molecule has 0 bridgehead atoms. The Hall–Kier alpha value is -2.62. The highest BCUT2D eigenvalue weighted by Gasteiger charge is 2.59. The van der Waals surface area contributed by atoms with Crippen molar-refractivity contribution < 1.29 is 19.1 Å². The van der Waals surface area contributed by atoms with Crippen molar-refractivity contribution in [2.45, 2.75) is 33.1 Å². The number of rotatable bonds is 6. The van der Waals surface area contributed by atoms with Gasteiger partial charge in [-0.05, 0) is 42.0 Å². The van der Waals surface area contributed by atoms with E-state index in [0.717, 1.165) is 22.3 Å². The van der Waals surface area contributed by atoms with Gasteiger partial charge in [0, 0.05) is 0 Å². The minimum absolute atomic E-state index is 0.118. The summed E-state index contributed by atoms with van der Waals surface area (Å²) in [6.45, 7) is 7.98. The van der Waals surface area contributed by atoms with E-state index in [0.29, 0.717) is 0 Å². The van der Waals surface area contributed by atoms with Gasteiger partial charge in [-0.3, -0.25) is 9.59 Å². The molecule has 1 atom stereocenters. The fourth-order valence-electron chi connectivity index (χ4n) is 4.38. The van der Waals surface area contributed by atoms with Crippen molar-refractivity contribution in [1.82, 2.24) is 0 Å². The van der Waals surface area contributed by atoms with Crippen molar-refractivity contribution in [3.05, 3.63) is 59.7 Å². The van der Waals surface area contributed by atoms with Gasteiger partial charge in [-0.2, -0.15) is 0 Å². The maximum Gasteiger partial charge on any atom is 0.322 e. The van der Waals surface area contributed by atoms with Crippen LogP contribution in [-0.2, 0) is 24.5 Å². The van der Waals surface area contributed by atoms with Gasteiger partial charge in [0.1, 0.15) is 5.41 Å². The maximum atomic E-state index is 13.5. The number of carbonyl (C=O) groups is 2. The number of fused-ring (bicyclic) bond motifs is 3. The number of hydrogen-bond donors (Lipinski definition) is 0. The average molecular weight is 366 g/mol. The first-order valence-electron chi connectivity index (χ1n) is 9.53. The molecule has 0 aromatic heterocycles. The van der Waals surface area contributed by atoms with Gasteiger partial charge in [0.2, 0.25) is 0 Å². The van der Waals surface area contributed by atoms with E-state index in [9.17, 15) is 9.59 Å². The molecule has 0 N–H and O–H groups in total. The Morgan fingerprint density at radius 1 is 0.852 bits per heavy atom. The van der Waals surface area contributed by atoms with Gasteiger partial charge in [0.25, 0.3) is 0 Å². The van der Waals surface area contributed by atoms with Crippen LogP contribution in [0, 0.1) is 11.8 Å². The molecule has 1 unspecified atom stereocenters. The van der Waals surface area contributed by atoms with E-state index < -0.39 is 17.3 Å². The second-order valence-electron chi connectivity index (χ2n) is 7.09. The van der Waals surface area contributed by atoms with Crippen LogP contribution in [0.5, 0.6) is 0 Å². The van der Waals surface area contributed by atoms with Crippen LogP contribution in [0.15, 0.2) is 48.5 Å². The summed E-state index contributed by atoms with van der Waals surface area (Å²) in [5.41, 5.74) is 2.36. The Bertz CT molecular complexity index is 807. The third kappa shape index (κ3) is 2.84. The van der Waals surface area contributed by atoms with Crippen molar-refractivity contribution in [3.63, 3.8) is 0 Å². The summed E-state index contributed by atoms with van der Waals surface area (Å²) in [6, 6.07) is 15.6. The maximum absolute atomic E-state index is 13.5. The van der Waals surface area contributed by atoms with E-state index in [4.69, 9.17) is 9.47 Å². The van der Waals surface area contributed by atoms with Crippen LogP contribution >= 0.6 is 0 Å². The molecule has 0 heterocycles. The first-order chi connectivity index (χ1) is 13.0. The first kappa shape index (κ1) is 19.2. The fraction of sp³-hybridized carbons (Fsp3) is 0.391. The molecule has 2 aromatic carbocycles. The molecular weight excluding hydrogens is 340 g/mol. The quantitative estimate of drug-likeness (QED) is 0.713. The summed E-state index contributed by atoms with van der Waals surface area (Å²) in [5, 5.41) is 0. The molecule has 0 amide bonds. The number of ether oxygens (including phenoxy) is 2. The highest BCUT2D eigenvalue weighted by Crippen LogP contribution is 2.55. The second kappa shape index (κ2) is 7.55. The zero-order chi connectivity index (χ0) is 19.6. The van der Waals surface area contributed by atoms with Crippen molar-refractivity contribution in [3.8, 4) is 11.1 Å². The van der Waals surface area contributed by atoms with Gasteiger partial charge in [0.05, 0.1) is 19.1 Å². The van der Waals surface area contributed by atoms with E-state index in [1.165, 1.54) is 0 Å². The van der Waals surface area contributed by atoms with Crippen molar-refractivity contribution in [1.29, 1.82) is 0 Å². The Morgan fingerprint density at radius 3 is 1.78 bits per heavy atom. The summed E-state index contributed by atoms with van der Waals surface area (Å²) in [7, 11) is 0. The third-order valence-corrected chi connectivity index (χ3v) is 5.27. The molecule has 4 heteroatoms. The summed E-state index contributed by atoms with van der Waals surface area (Å²) in [5.74, 6) is -1.56. The molecular formula is C23H26O4. The van der Waals surface area contributed by atoms with Crippen LogP contribution in [-0.4, -0.2) is 25.2 Å². The Morgan fingerprint density at radius 2 is 1.33 bits per heavy atom. The van der Waals surface area contributed by atoms with Crippen LogP contribution in [0.1, 0.15) is 38.8 Å². The minimum Gasteiger partial charge on any atom is -0.466 e. The number of carbonyl (C=O) groups excluding carboxylic acids is 2. The van der Waals surface area contributed by atoms with E-state index in [1.54, 1.807) is 13.8 Å². The number of hydrogen-bond acceptors (Lipinski definition) is 4. The number of esters is 2. The normalized spacial score (nSPS) is 15.0. The molecule has 142 valence electrons. The summed E-state index contributed by atoms with van der Waals surface area (Å²) < 4.78 is 11.0. The molecule has 0 radical (unpaired) electrons. The van der Waals surface area contributed by atoms with Gasteiger partial charge >= 0.3 is 11.9 Å². The smallest absolute Gasteiger partial charge is 0.322 e. The van der Waals surface area contributed by atoms with Crippen LogP contribution in [0.3, 0.4) is 0 Å². The highest BCUT2D eigenvalue weighted by atomic mass is 16.5. The molecule has 1 aliphatic carbocycles. The Labute approximate surface area is 160 Å². The van der Waals surface area contributed by atoms with Crippen molar-refractivity contribution in [2.75, 3.05) is 13.2 Å². The first-order valence-corrected chi connectivity index (χ1v) is 9.53. The van der Waals surface area contributed by atoms with Crippen LogP contribution in [0.2, 0.25) is 0 Å². The SMILES string of the molecule is CCOC(=O)C(C(C)C)C1(C(=O)OCC)c2ccccc2-c2ccccc21. The van der Waals surface area contributed by atoms with E-state index in [2.05, 4.69) is 0 Å². The van der Waals surface area contributed by atoms with E-state index in [1.807, 2.05) is 62.4 Å². The predicted molar refractivity (Wildman–Crippen MR) is 104 cm³/mol. The molecule has 4 nitrogen and oxygen atoms in total. The lowest BCUT2D eigenvalue weighted by Crippen LogP contribution is -2.50. The zero-order valence-corrected chi connectivity index (χ0v) is 16.3. The Balaban J connectivity index is 2.38. The third-order valence-electron chi connectivity index (χ3n) is 5.27. The van der Waals surface area contributed by atoms with E-state index >= 15 is 0 Å². The van der Waals surface area contributed by atoms with Gasteiger partial charge in [-0.15, -0.1) is 0 Å². The average Bonchev–Trinajstić information content (AvgIpc) is 2.94.